The van der Waals surface area contributed by atoms with E-state index < -0.39 is 16.8 Å². The first-order chi connectivity index (χ1) is 5.79. The monoisotopic (exact) mass is 205 g/mol. The number of nitrogens with one attached hydrogen (secondary N) is 1. The van der Waals surface area contributed by atoms with Crippen molar-refractivity contribution in [1.82, 2.24) is 5.32 Å². The Balaban J connectivity index is 4.46. The number of amides is 1. The largest absolute Gasteiger partial charge is 0.480 e. The first-order valence-corrected chi connectivity index (χ1v) is 4.48. The highest BCUT2D eigenvalue weighted by molar-refractivity contribution is 7.81. The lowest BCUT2D eigenvalue weighted by Crippen LogP contribution is -2.51. The predicted octanol–water partition coefficient (Wildman–Crippen LogP) is 0.674. The fourth-order valence-electron chi connectivity index (χ4n) is 0.804. The Hall–Kier alpha value is -0.710. The normalized spacial score (nSPS) is 13.5. The molecule has 4 nitrogen and oxygen atoms in total. The lowest BCUT2D eigenvalue weighted by molar-refractivity contribution is -0.142. The molecule has 0 aliphatic heterocycles. The average Bonchev–Trinajstić information content (AvgIpc) is 1.96. The summed E-state index contributed by atoms with van der Waals surface area (Å²) in [6, 6.07) is -0.955. The van der Waals surface area contributed by atoms with Crippen molar-refractivity contribution in [2.45, 2.75) is 38.0 Å². The fourth-order valence-corrected chi connectivity index (χ4v) is 0.979. The van der Waals surface area contributed by atoms with Crippen LogP contribution in [0.5, 0.6) is 0 Å². The van der Waals surface area contributed by atoms with E-state index in [9.17, 15) is 9.59 Å². The molecular weight excluding hydrogens is 190 g/mol. The Morgan fingerprint density at radius 2 is 2.00 bits per heavy atom. The van der Waals surface area contributed by atoms with Crippen molar-refractivity contribution in [2.75, 3.05) is 0 Å². The molecule has 0 bridgehead atoms. The molecule has 2 N–H and O–H groups in total. The van der Waals surface area contributed by atoms with Crippen molar-refractivity contribution in [2.24, 2.45) is 0 Å². The quantitative estimate of drug-likeness (QED) is 0.591. The SMILES string of the molecule is CCC(=O)N[C@H](C(=O)O)C(C)(C)S. The van der Waals surface area contributed by atoms with E-state index in [2.05, 4.69) is 17.9 Å². The van der Waals surface area contributed by atoms with Crippen molar-refractivity contribution in [3.05, 3.63) is 0 Å². The van der Waals surface area contributed by atoms with E-state index in [1.165, 1.54) is 0 Å². The number of rotatable bonds is 4. The zero-order valence-electron chi connectivity index (χ0n) is 8.00. The van der Waals surface area contributed by atoms with Crippen LogP contribution in [-0.4, -0.2) is 27.8 Å². The molecule has 1 amide bonds. The first-order valence-electron chi connectivity index (χ1n) is 4.03. The maximum absolute atomic E-state index is 11.0. The molecule has 0 saturated carbocycles. The van der Waals surface area contributed by atoms with E-state index in [-0.39, 0.29) is 12.3 Å². The third-order valence-corrected chi connectivity index (χ3v) is 1.84. The topological polar surface area (TPSA) is 66.4 Å². The summed E-state index contributed by atoms with van der Waals surface area (Å²) < 4.78 is -0.767. The average molecular weight is 205 g/mol. The number of carboxylic acid groups (broad SMARTS) is 1. The van der Waals surface area contributed by atoms with Gasteiger partial charge in [0.2, 0.25) is 5.91 Å². The van der Waals surface area contributed by atoms with Crippen LogP contribution in [0.2, 0.25) is 0 Å². The lowest BCUT2D eigenvalue weighted by Gasteiger charge is -2.26. The Bertz CT molecular complexity index is 210. The second-order valence-electron chi connectivity index (χ2n) is 3.35. The standard InChI is InChI=1S/C8H15NO3S/c1-4-5(10)9-6(7(11)12)8(2,3)13/h6,13H,4H2,1-3H3,(H,9,10)(H,11,12)/t6-/m1/s1. The van der Waals surface area contributed by atoms with Gasteiger partial charge >= 0.3 is 5.97 Å². The molecule has 0 radical (unpaired) electrons. The third kappa shape index (κ3) is 4.17. The second kappa shape index (κ2) is 4.50. The summed E-state index contributed by atoms with van der Waals surface area (Å²) in [4.78, 5) is 21.7. The fraction of sp³-hybridized carbons (Fsp3) is 0.750. The summed E-state index contributed by atoms with van der Waals surface area (Å²) in [6.45, 7) is 4.95. The van der Waals surface area contributed by atoms with E-state index in [1.807, 2.05) is 0 Å². The molecule has 0 aliphatic rings. The van der Waals surface area contributed by atoms with Crippen LogP contribution in [0, 0.1) is 0 Å². The molecule has 0 heterocycles. The lowest BCUT2D eigenvalue weighted by atomic mass is 10.0. The van der Waals surface area contributed by atoms with E-state index >= 15 is 0 Å². The molecule has 0 spiro atoms. The van der Waals surface area contributed by atoms with Crippen LogP contribution < -0.4 is 5.32 Å². The third-order valence-electron chi connectivity index (χ3n) is 1.58. The molecule has 0 aromatic carbocycles. The van der Waals surface area contributed by atoms with Crippen LogP contribution in [0.3, 0.4) is 0 Å². The van der Waals surface area contributed by atoms with Crippen LogP contribution in [0.4, 0.5) is 0 Å². The van der Waals surface area contributed by atoms with Crippen LogP contribution in [0.1, 0.15) is 27.2 Å². The highest BCUT2D eigenvalue weighted by Gasteiger charge is 2.32. The van der Waals surface area contributed by atoms with Gasteiger partial charge in [-0.15, -0.1) is 0 Å². The maximum Gasteiger partial charge on any atom is 0.327 e. The van der Waals surface area contributed by atoms with Crippen LogP contribution in [0.25, 0.3) is 0 Å². The van der Waals surface area contributed by atoms with E-state index in [0.29, 0.717) is 0 Å². The van der Waals surface area contributed by atoms with Gasteiger partial charge in [-0.3, -0.25) is 4.79 Å². The molecule has 13 heavy (non-hydrogen) atoms. The Labute approximate surface area is 83.1 Å². The van der Waals surface area contributed by atoms with Crippen molar-refractivity contribution in [3.63, 3.8) is 0 Å². The van der Waals surface area contributed by atoms with Gasteiger partial charge < -0.3 is 10.4 Å². The van der Waals surface area contributed by atoms with Crippen molar-refractivity contribution in [1.29, 1.82) is 0 Å². The van der Waals surface area contributed by atoms with E-state index in [4.69, 9.17) is 5.11 Å². The molecule has 0 rings (SSSR count). The van der Waals surface area contributed by atoms with E-state index in [1.54, 1.807) is 20.8 Å². The Morgan fingerprint density at radius 3 is 2.23 bits per heavy atom. The predicted molar refractivity (Wildman–Crippen MR) is 52.9 cm³/mol. The van der Waals surface area contributed by atoms with E-state index in [0.717, 1.165) is 0 Å². The van der Waals surface area contributed by atoms with Crippen LogP contribution >= 0.6 is 12.6 Å². The summed E-state index contributed by atoms with van der Waals surface area (Å²) in [6.07, 6.45) is 0.271. The summed E-state index contributed by atoms with van der Waals surface area (Å²) in [5.74, 6) is -1.35. The molecular formula is C8H15NO3S. The number of hydrogen-bond donors (Lipinski definition) is 3. The summed E-state index contributed by atoms with van der Waals surface area (Å²) in [5.41, 5.74) is 0. The van der Waals surface area contributed by atoms with Crippen molar-refractivity contribution in [3.8, 4) is 0 Å². The van der Waals surface area contributed by atoms with Gasteiger partial charge in [0.25, 0.3) is 0 Å². The number of aliphatic carboxylic acids is 1. The zero-order chi connectivity index (χ0) is 10.6. The Morgan fingerprint density at radius 1 is 1.54 bits per heavy atom. The van der Waals surface area contributed by atoms with Crippen LogP contribution in [-0.2, 0) is 9.59 Å². The van der Waals surface area contributed by atoms with Gasteiger partial charge in [0.05, 0.1) is 0 Å². The minimum atomic E-state index is -1.07. The van der Waals surface area contributed by atoms with Gasteiger partial charge in [0.1, 0.15) is 6.04 Å². The molecule has 1 atom stereocenters. The number of thiol groups is 1. The second-order valence-corrected chi connectivity index (χ2v) is 4.50. The van der Waals surface area contributed by atoms with Gasteiger partial charge in [-0.2, -0.15) is 12.6 Å². The minimum absolute atomic E-state index is 0.271. The summed E-state index contributed by atoms with van der Waals surface area (Å²) >= 11 is 4.11. The minimum Gasteiger partial charge on any atom is -0.480 e. The maximum atomic E-state index is 11.0. The molecule has 0 aromatic rings. The molecule has 5 heteroatoms. The summed E-state index contributed by atoms with van der Waals surface area (Å²) in [7, 11) is 0. The van der Waals surface area contributed by atoms with Gasteiger partial charge in [-0.05, 0) is 13.8 Å². The molecule has 0 aromatic heterocycles. The highest BCUT2D eigenvalue weighted by atomic mass is 32.1. The zero-order valence-corrected chi connectivity index (χ0v) is 8.89. The van der Waals surface area contributed by atoms with Crippen molar-refractivity contribution < 1.29 is 14.7 Å². The van der Waals surface area contributed by atoms with Gasteiger partial charge in [-0.25, -0.2) is 4.79 Å². The number of carbonyl (C=O) groups is 2. The first kappa shape index (κ1) is 12.3. The summed E-state index contributed by atoms with van der Waals surface area (Å²) in [5, 5.41) is 11.2. The number of hydrogen-bond acceptors (Lipinski definition) is 3. The molecule has 0 aliphatic carbocycles. The Kier molecular flexibility index (Phi) is 4.26. The van der Waals surface area contributed by atoms with Gasteiger partial charge in [0.15, 0.2) is 0 Å². The highest BCUT2D eigenvalue weighted by Crippen LogP contribution is 2.17. The molecule has 0 saturated heterocycles. The molecule has 0 fully saturated rings. The van der Waals surface area contributed by atoms with Crippen LogP contribution in [0.15, 0.2) is 0 Å². The van der Waals surface area contributed by atoms with Crippen molar-refractivity contribution >= 4 is 24.5 Å². The van der Waals surface area contributed by atoms with Gasteiger partial charge in [0, 0.05) is 11.2 Å². The number of carbonyl (C=O) groups excluding carboxylic acids is 1. The van der Waals surface area contributed by atoms with Gasteiger partial charge in [-0.1, -0.05) is 6.92 Å². The smallest absolute Gasteiger partial charge is 0.327 e. The number of carboxylic acids is 1. The molecule has 0 unspecified atom stereocenters. The molecule has 76 valence electrons.